The molecule has 4 rings (SSSR count). The SMILES string of the molecule is Cc1nc(N2CCN(C)CC2)cc(N2CCN(S(=O)(=O)c3cccc([N+](=O)[O-])c3)CC2)n1. The molecular formula is C20H27N7O4S. The summed E-state index contributed by atoms with van der Waals surface area (Å²) in [7, 11) is -1.70. The molecule has 0 saturated carbocycles. The predicted molar refractivity (Wildman–Crippen MR) is 121 cm³/mol. The van der Waals surface area contributed by atoms with Crippen molar-refractivity contribution in [3.05, 3.63) is 46.3 Å². The van der Waals surface area contributed by atoms with Crippen LogP contribution in [-0.2, 0) is 10.0 Å². The number of likely N-dealkylation sites (N-methyl/N-ethyl adjacent to an activating group) is 1. The van der Waals surface area contributed by atoms with Gasteiger partial charge in [0, 0.05) is 70.6 Å². The molecule has 2 aliphatic rings. The number of benzene rings is 1. The largest absolute Gasteiger partial charge is 0.354 e. The van der Waals surface area contributed by atoms with Gasteiger partial charge < -0.3 is 14.7 Å². The molecule has 11 nitrogen and oxygen atoms in total. The van der Waals surface area contributed by atoms with E-state index in [-0.39, 0.29) is 23.7 Å². The summed E-state index contributed by atoms with van der Waals surface area (Å²) < 4.78 is 27.4. The molecule has 2 aliphatic heterocycles. The second-order valence-corrected chi connectivity index (χ2v) is 10.0. The van der Waals surface area contributed by atoms with Crippen LogP contribution in [0.3, 0.4) is 0 Å². The van der Waals surface area contributed by atoms with Gasteiger partial charge in [0.2, 0.25) is 10.0 Å². The molecule has 1 aromatic heterocycles. The van der Waals surface area contributed by atoms with E-state index in [4.69, 9.17) is 0 Å². The Morgan fingerprint density at radius 2 is 1.47 bits per heavy atom. The minimum Gasteiger partial charge on any atom is -0.354 e. The molecule has 0 aliphatic carbocycles. The maximum absolute atomic E-state index is 13.0. The summed E-state index contributed by atoms with van der Waals surface area (Å²) in [5, 5.41) is 11.0. The molecule has 0 atom stereocenters. The fraction of sp³-hybridized carbons (Fsp3) is 0.500. The van der Waals surface area contributed by atoms with Crippen molar-refractivity contribution in [2.75, 3.05) is 69.2 Å². The third kappa shape index (κ3) is 4.66. The zero-order valence-corrected chi connectivity index (χ0v) is 19.0. The highest BCUT2D eigenvalue weighted by Gasteiger charge is 2.30. The molecule has 0 spiro atoms. The number of rotatable bonds is 5. The lowest BCUT2D eigenvalue weighted by atomic mass is 10.3. The number of aryl methyl sites for hydroxylation is 1. The van der Waals surface area contributed by atoms with Crippen molar-refractivity contribution in [3.8, 4) is 0 Å². The maximum Gasteiger partial charge on any atom is 0.270 e. The van der Waals surface area contributed by atoms with Crippen LogP contribution in [0.1, 0.15) is 5.82 Å². The number of aromatic nitrogens is 2. The zero-order chi connectivity index (χ0) is 22.9. The van der Waals surface area contributed by atoms with Crippen molar-refractivity contribution in [1.29, 1.82) is 0 Å². The van der Waals surface area contributed by atoms with Crippen LogP contribution < -0.4 is 9.80 Å². The highest BCUT2D eigenvalue weighted by Crippen LogP contribution is 2.25. The quantitative estimate of drug-likeness (QED) is 0.474. The number of sulfonamides is 1. The van der Waals surface area contributed by atoms with Gasteiger partial charge >= 0.3 is 0 Å². The molecule has 0 radical (unpaired) electrons. The first-order valence-electron chi connectivity index (χ1n) is 10.5. The summed E-state index contributed by atoms with van der Waals surface area (Å²) in [4.78, 5) is 26.1. The van der Waals surface area contributed by atoms with Gasteiger partial charge in [0.15, 0.2) is 0 Å². The minimum atomic E-state index is -3.81. The lowest BCUT2D eigenvalue weighted by molar-refractivity contribution is -0.385. The summed E-state index contributed by atoms with van der Waals surface area (Å²) in [6.07, 6.45) is 0. The molecule has 1 aromatic carbocycles. The minimum absolute atomic E-state index is 0.0598. The Bertz CT molecular complexity index is 1090. The Labute approximate surface area is 187 Å². The van der Waals surface area contributed by atoms with Crippen molar-refractivity contribution < 1.29 is 13.3 Å². The number of nitrogens with zero attached hydrogens (tertiary/aromatic N) is 7. The molecule has 2 aromatic rings. The summed E-state index contributed by atoms with van der Waals surface area (Å²) in [5.41, 5.74) is -0.238. The Morgan fingerprint density at radius 1 is 0.906 bits per heavy atom. The summed E-state index contributed by atoms with van der Waals surface area (Å²) in [6, 6.07) is 7.16. The molecule has 2 saturated heterocycles. The van der Waals surface area contributed by atoms with Crippen LogP contribution in [0.4, 0.5) is 17.3 Å². The normalized spacial score (nSPS) is 18.7. The van der Waals surface area contributed by atoms with E-state index in [0.717, 1.165) is 43.9 Å². The third-order valence-corrected chi connectivity index (χ3v) is 7.76. The number of nitro benzene ring substituents is 1. The number of nitro groups is 1. The van der Waals surface area contributed by atoms with E-state index in [9.17, 15) is 18.5 Å². The van der Waals surface area contributed by atoms with E-state index in [1.165, 1.54) is 22.5 Å². The van der Waals surface area contributed by atoms with Gasteiger partial charge in [0.1, 0.15) is 17.5 Å². The Kier molecular flexibility index (Phi) is 6.26. The standard InChI is InChI=1S/C20H27N7O4S/c1-16-21-19(24-8-6-23(2)7-9-24)15-20(22-16)25-10-12-26(13-11-25)32(30,31)18-5-3-4-17(14-18)27(28)29/h3-5,14-15H,6-13H2,1-2H3. The van der Waals surface area contributed by atoms with Gasteiger partial charge in [0.05, 0.1) is 9.82 Å². The third-order valence-electron chi connectivity index (χ3n) is 5.87. The van der Waals surface area contributed by atoms with Crippen LogP contribution in [0.5, 0.6) is 0 Å². The highest BCUT2D eigenvalue weighted by molar-refractivity contribution is 7.89. The van der Waals surface area contributed by atoms with Gasteiger partial charge in [-0.15, -0.1) is 0 Å². The van der Waals surface area contributed by atoms with E-state index < -0.39 is 14.9 Å². The first-order valence-corrected chi connectivity index (χ1v) is 12.0. The van der Waals surface area contributed by atoms with Crippen molar-refractivity contribution in [1.82, 2.24) is 19.2 Å². The fourth-order valence-corrected chi connectivity index (χ4v) is 5.42. The molecule has 172 valence electrons. The van der Waals surface area contributed by atoms with Gasteiger partial charge in [-0.25, -0.2) is 18.4 Å². The molecule has 12 heteroatoms. The summed E-state index contributed by atoms with van der Waals surface area (Å²) >= 11 is 0. The molecule has 3 heterocycles. The molecule has 0 N–H and O–H groups in total. The number of anilines is 2. The van der Waals surface area contributed by atoms with E-state index in [0.29, 0.717) is 18.9 Å². The van der Waals surface area contributed by atoms with Gasteiger partial charge in [-0.3, -0.25) is 10.1 Å². The van der Waals surface area contributed by atoms with Crippen molar-refractivity contribution >= 4 is 27.3 Å². The van der Waals surface area contributed by atoms with Crippen LogP contribution in [0, 0.1) is 17.0 Å². The van der Waals surface area contributed by atoms with E-state index in [1.54, 1.807) is 0 Å². The van der Waals surface area contributed by atoms with Crippen molar-refractivity contribution in [2.24, 2.45) is 0 Å². The average molecular weight is 462 g/mol. The highest BCUT2D eigenvalue weighted by atomic mass is 32.2. The molecule has 2 fully saturated rings. The predicted octanol–water partition coefficient (Wildman–Crippen LogP) is 0.956. The Balaban J connectivity index is 1.47. The van der Waals surface area contributed by atoms with Crippen LogP contribution >= 0.6 is 0 Å². The molecular weight excluding hydrogens is 434 g/mol. The molecule has 0 bridgehead atoms. The molecule has 0 amide bonds. The fourth-order valence-electron chi connectivity index (χ4n) is 3.96. The van der Waals surface area contributed by atoms with Crippen LogP contribution in [0.2, 0.25) is 0 Å². The lowest BCUT2D eigenvalue weighted by Gasteiger charge is -2.36. The van der Waals surface area contributed by atoms with Gasteiger partial charge in [-0.05, 0) is 20.0 Å². The molecule has 0 unspecified atom stereocenters. The smallest absolute Gasteiger partial charge is 0.270 e. The first kappa shape index (κ1) is 22.4. The number of non-ortho nitro benzene ring substituents is 1. The molecule has 32 heavy (non-hydrogen) atoms. The average Bonchev–Trinajstić information content (AvgIpc) is 2.79. The van der Waals surface area contributed by atoms with Gasteiger partial charge in [0.25, 0.3) is 5.69 Å². The second-order valence-electron chi connectivity index (χ2n) is 8.07. The van der Waals surface area contributed by atoms with Gasteiger partial charge in [-0.1, -0.05) is 6.07 Å². The van der Waals surface area contributed by atoms with E-state index >= 15 is 0 Å². The number of hydrogen-bond acceptors (Lipinski definition) is 9. The van der Waals surface area contributed by atoms with Crippen LogP contribution in [0.25, 0.3) is 0 Å². The van der Waals surface area contributed by atoms with Gasteiger partial charge in [-0.2, -0.15) is 4.31 Å². The number of piperazine rings is 2. The lowest BCUT2D eigenvalue weighted by Crippen LogP contribution is -2.49. The summed E-state index contributed by atoms with van der Waals surface area (Å²) in [6.45, 7) is 7.14. The topological polar surface area (TPSA) is 116 Å². The summed E-state index contributed by atoms with van der Waals surface area (Å²) in [5.74, 6) is 2.37. The second kappa shape index (κ2) is 8.96. The van der Waals surface area contributed by atoms with Crippen LogP contribution in [0.15, 0.2) is 35.2 Å². The van der Waals surface area contributed by atoms with Crippen LogP contribution in [-0.4, -0.2) is 91.9 Å². The van der Waals surface area contributed by atoms with E-state index in [2.05, 4.69) is 31.7 Å². The Morgan fingerprint density at radius 3 is 2.03 bits per heavy atom. The first-order chi connectivity index (χ1) is 15.2. The Hall–Kier alpha value is -2.83. The van der Waals surface area contributed by atoms with E-state index in [1.807, 2.05) is 13.0 Å². The maximum atomic E-state index is 13.0. The van der Waals surface area contributed by atoms with Crippen molar-refractivity contribution in [3.63, 3.8) is 0 Å². The van der Waals surface area contributed by atoms with Crippen molar-refractivity contribution in [2.45, 2.75) is 11.8 Å². The monoisotopic (exact) mass is 461 g/mol. The number of hydrogen-bond donors (Lipinski definition) is 0. The zero-order valence-electron chi connectivity index (χ0n) is 18.2.